The van der Waals surface area contributed by atoms with Gasteiger partial charge in [0.25, 0.3) is 0 Å². The van der Waals surface area contributed by atoms with Crippen molar-refractivity contribution in [1.29, 1.82) is 0 Å². The average molecular weight is 561 g/mol. The van der Waals surface area contributed by atoms with Gasteiger partial charge in [-0.2, -0.15) is 0 Å². The highest BCUT2D eigenvalue weighted by Crippen LogP contribution is 2.19. The Balaban J connectivity index is 1.38. The Labute approximate surface area is 237 Å². The third-order valence-electron chi connectivity index (χ3n) is 5.53. The van der Waals surface area contributed by atoms with E-state index in [4.69, 9.17) is 30.4 Å². The zero-order valence-corrected chi connectivity index (χ0v) is 22.7. The number of anilines is 2. The average Bonchev–Trinajstić information content (AvgIpc) is 2.95. The lowest BCUT2D eigenvalue weighted by Gasteiger charge is -2.08. The second-order valence-corrected chi connectivity index (χ2v) is 8.94. The molecule has 10 nitrogen and oxygen atoms in total. The van der Waals surface area contributed by atoms with Crippen molar-refractivity contribution in [2.24, 2.45) is 0 Å². The fraction of sp³-hybridized carbons (Fsp3) is 0.226. The summed E-state index contributed by atoms with van der Waals surface area (Å²) in [5.74, 6) is -1.32. The van der Waals surface area contributed by atoms with E-state index < -0.39 is 17.9 Å². The zero-order chi connectivity index (χ0) is 29.6. The second-order valence-electron chi connectivity index (χ2n) is 8.94. The van der Waals surface area contributed by atoms with Crippen LogP contribution >= 0.6 is 0 Å². The van der Waals surface area contributed by atoms with Crippen molar-refractivity contribution in [2.75, 3.05) is 24.7 Å². The van der Waals surface area contributed by atoms with Crippen LogP contribution in [0.15, 0.2) is 72.8 Å². The molecule has 0 unspecified atom stereocenters. The summed E-state index contributed by atoms with van der Waals surface area (Å²) in [5, 5.41) is 0. The number of nitrogen functional groups attached to an aromatic ring is 2. The van der Waals surface area contributed by atoms with Gasteiger partial charge in [-0.1, -0.05) is 25.5 Å². The summed E-state index contributed by atoms with van der Waals surface area (Å²) in [7, 11) is 0. The van der Waals surface area contributed by atoms with Crippen molar-refractivity contribution in [1.82, 2.24) is 0 Å². The predicted molar refractivity (Wildman–Crippen MR) is 153 cm³/mol. The van der Waals surface area contributed by atoms with Crippen LogP contribution in [0.2, 0.25) is 0 Å². The van der Waals surface area contributed by atoms with Gasteiger partial charge >= 0.3 is 23.9 Å². The Morgan fingerprint density at radius 3 is 1.85 bits per heavy atom. The molecule has 0 heterocycles. The Morgan fingerprint density at radius 2 is 1.27 bits per heavy atom. The number of hydrogen-bond acceptors (Lipinski definition) is 10. The maximum Gasteiger partial charge on any atom is 0.338 e. The lowest BCUT2D eigenvalue weighted by molar-refractivity contribution is -0.134. The maximum absolute atomic E-state index is 12.3. The number of ether oxygens (including phenoxy) is 4. The molecule has 0 spiro atoms. The number of hydrogen-bond donors (Lipinski definition) is 2. The molecule has 3 rings (SSSR count). The number of esters is 4. The van der Waals surface area contributed by atoms with Crippen molar-refractivity contribution in [3.63, 3.8) is 0 Å². The Morgan fingerprint density at radius 1 is 0.707 bits per heavy atom. The normalized spacial score (nSPS) is 10.7. The Hall–Kier alpha value is -5.12. The summed E-state index contributed by atoms with van der Waals surface area (Å²) in [4.78, 5) is 48.2. The van der Waals surface area contributed by atoms with Crippen LogP contribution in [0.5, 0.6) is 11.5 Å². The molecule has 0 bridgehead atoms. The van der Waals surface area contributed by atoms with E-state index in [0.29, 0.717) is 46.8 Å². The van der Waals surface area contributed by atoms with Crippen molar-refractivity contribution in [2.45, 2.75) is 32.6 Å². The fourth-order valence-electron chi connectivity index (χ4n) is 3.47. The van der Waals surface area contributed by atoms with Crippen LogP contribution in [0.4, 0.5) is 11.4 Å². The molecule has 41 heavy (non-hydrogen) atoms. The van der Waals surface area contributed by atoms with E-state index in [9.17, 15) is 19.2 Å². The topological polar surface area (TPSA) is 157 Å². The van der Waals surface area contributed by atoms with Crippen LogP contribution in [0.1, 0.15) is 58.9 Å². The first-order valence-corrected chi connectivity index (χ1v) is 13.0. The Kier molecular flexibility index (Phi) is 11.5. The molecule has 0 aliphatic carbocycles. The molecule has 0 aromatic heterocycles. The van der Waals surface area contributed by atoms with E-state index in [-0.39, 0.29) is 24.7 Å². The van der Waals surface area contributed by atoms with Crippen LogP contribution in [-0.4, -0.2) is 37.1 Å². The first-order valence-electron chi connectivity index (χ1n) is 13.0. The van der Waals surface area contributed by atoms with E-state index in [1.165, 1.54) is 36.4 Å². The third kappa shape index (κ3) is 10.5. The monoisotopic (exact) mass is 560 g/mol. The molecule has 3 aromatic rings. The number of benzene rings is 3. The minimum Gasteiger partial charge on any atom is -0.462 e. The summed E-state index contributed by atoms with van der Waals surface area (Å²) in [6, 6.07) is 17.1. The molecule has 0 saturated carbocycles. The van der Waals surface area contributed by atoms with Gasteiger partial charge in [0.2, 0.25) is 0 Å². The van der Waals surface area contributed by atoms with Gasteiger partial charge in [0.1, 0.15) is 11.5 Å². The van der Waals surface area contributed by atoms with Crippen molar-refractivity contribution >= 4 is 41.3 Å². The summed E-state index contributed by atoms with van der Waals surface area (Å²) < 4.78 is 20.8. The summed E-state index contributed by atoms with van der Waals surface area (Å²) >= 11 is 0. The molecular formula is C31H32N2O8. The molecular weight excluding hydrogens is 528 g/mol. The van der Waals surface area contributed by atoms with Crippen molar-refractivity contribution in [3.05, 3.63) is 89.5 Å². The minimum atomic E-state index is -0.596. The van der Waals surface area contributed by atoms with E-state index in [1.807, 2.05) is 6.92 Å². The highest BCUT2D eigenvalue weighted by atomic mass is 16.6. The minimum absolute atomic E-state index is 0.0529. The standard InChI is InChI=1S/C31H32N2O8/c1-2-3-5-28(34)40-26-11-13-27(14-12-26)41-29(35)15-8-21-6-9-22(10-7-21)30(36)38-16-4-17-39-31(37)23-18-24(32)20-25(33)19-23/h6-15,18-20H,2-5,16-17,32-33H2,1H3/b15-8+. The van der Waals surface area contributed by atoms with Crippen LogP contribution in [0, 0.1) is 0 Å². The molecule has 0 aliphatic heterocycles. The van der Waals surface area contributed by atoms with Crippen molar-refractivity contribution in [3.8, 4) is 11.5 Å². The maximum atomic E-state index is 12.3. The fourth-order valence-corrected chi connectivity index (χ4v) is 3.47. The first kappa shape index (κ1) is 30.4. The number of nitrogens with two attached hydrogens (primary N) is 2. The number of carbonyl (C=O) groups excluding carboxylic acids is 4. The molecule has 214 valence electrons. The molecule has 0 atom stereocenters. The largest absolute Gasteiger partial charge is 0.462 e. The molecule has 0 radical (unpaired) electrons. The van der Waals surface area contributed by atoms with Gasteiger partial charge in [-0.05, 0) is 72.7 Å². The molecule has 0 aliphatic rings. The van der Waals surface area contributed by atoms with E-state index in [1.54, 1.807) is 42.5 Å². The second kappa shape index (κ2) is 15.5. The van der Waals surface area contributed by atoms with Crippen molar-refractivity contribution < 1.29 is 38.1 Å². The Bertz CT molecular complexity index is 1360. The van der Waals surface area contributed by atoms with Gasteiger partial charge in [-0.15, -0.1) is 0 Å². The van der Waals surface area contributed by atoms with Crippen LogP contribution < -0.4 is 20.9 Å². The van der Waals surface area contributed by atoms with Crippen LogP contribution in [-0.2, 0) is 19.1 Å². The van der Waals surface area contributed by atoms with Gasteiger partial charge in [0.05, 0.1) is 24.3 Å². The number of carbonyl (C=O) groups is 4. The highest BCUT2D eigenvalue weighted by Gasteiger charge is 2.11. The molecule has 10 heteroatoms. The van der Waals surface area contributed by atoms with Gasteiger partial charge in [-0.3, -0.25) is 4.79 Å². The summed E-state index contributed by atoms with van der Waals surface area (Å²) in [6.45, 7) is 2.10. The number of unbranched alkanes of at least 4 members (excludes halogenated alkanes) is 1. The van der Waals surface area contributed by atoms with E-state index in [0.717, 1.165) is 12.8 Å². The molecule has 3 aromatic carbocycles. The van der Waals surface area contributed by atoms with E-state index >= 15 is 0 Å². The molecule has 0 amide bonds. The predicted octanol–water partition coefficient (Wildman–Crippen LogP) is 4.97. The van der Waals surface area contributed by atoms with Crippen LogP contribution in [0.3, 0.4) is 0 Å². The molecule has 0 saturated heterocycles. The van der Waals surface area contributed by atoms with E-state index in [2.05, 4.69) is 0 Å². The summed E-state index contributed by atoms with van der Waals surface area (Å²) in [6.07, 6.45) is 5.12. The third-order valence-corrected chi connectivity index (χ3v) is 5.53. The lowest BCUT2D eigenvalue weighted by atomic mass is 10.1. The number of rotatable bonds is 13. The van der Waals surface area contributed by atoms with Gasteiger partial charge in [-0.25, -0.2) is 14.4 Å². The van der Waals surface area contributed by atoms with Crippen LogP contribution in [0.25, 0.3) is 6.08 Å². The summed E-state index contributed by atoms with van der Waals surface area (Å²) in [5.41, 5.74) is 13.3. The lowest BCUT2D eigenvalue weighted by Crippen LogP contribution is -2.11. The quantitative estimate of drug-likeness (QED) is 0.0961. The van der Waals surface area contributed by atoms with Gasteiger partial charge in [0, 0.05) is 30.3 Å². The zero-order valence-electron chi connectivity index (χ0n) is 22.7. The first-order chi connectivity index (χ1) is 19.7. The smallest absolute Gasteiger partial charge is 0.338 e. The SMILES string of the molecule is CCCCC(=O)Oc1ccc(OC(=O)/C=C/c2ccc(C(=O)OCCCOC(=O)c3cc(N)cc(N)c3)cc2)cc1. The van der Waals surface area contributed by atoms with Gasteiger partial charge in [0.15, 0.2) is 0 Å². The highest BCUT2D eigenvalue weighted by molar-refractivity contribution is 5.92. The van der Waals surface area contributed by atoms with Gasteiger partial charge < -0.3 is 30.4 Å². The molecule has 0 fully saturated rings. The molecule has 4 N–H and O–H groups in total.